The van der Waals surface area contributed by atoms with E-state index < -0.39 is 17.7 Å². The lowest BCUT2D eigenvalue weighted by atomic mass is 9.86. The topological polar surface area (TPSA) is 127 Å². The van der Waals surface area contributed by atoms with Gasteiger partial charge in [-0.05, 0) is 32.0 Å². The summed E-state index contributed by atoms with van der Waals surface area (Å²) in [7, 11) is 0. The van der Waals surface area contributed by atoms with Gasteiger partial charge in [-0.25, -0.2) is 4.99 Å². The third-order valence-corrected chi connectivity index (χ3v) is 3.30. The van der Waals surface area contributed by atoms with Crippen LogP contribution in [0.2, 0.25) is 0 Å². The summed E-state index contributed by atoms with van der Waals surface area (Å²) in [5, 5.41) is 30.2. The van der Waals surface area contributed by atoms with Crippen molar-refractivity contribution in [1.82, 2.24) is 5.32 Å². The summed E-state index contributed by atoms with van der Waals surface area (Å²) >= 11 is 0. The molecule has 1 aromatic rings. The molecule has 1 unspecified atom stereocenters. The van der Waals surface area contributed by atoms with E-state index in [2.05, 4.69) is 10.3 Å². The smallest absolute Gasteiger partial charge is 0.202 e. The highest BCUT2D eigenvalue weighted by molar-refractivity contribution is 5.79. The van der Waals surface area contributed by atoms with Gasteiger partial charge in [0.25, 0.3) is 0 Å². The Morgan fingerprint density at radius 2 is 2.19 bits per heavy atom. The van der Waals surface area contributed by atoms with Crippen LogP contribution in [0.3, 0.4) is 0 Å². The quantitative estimate of drug-likeness (QED) is 0.298. The molecule has 108 valence electrons. The van der Waals surface area contributed by atoms with Gasteiger partial charge in [0.15, 0.2) is 6.19 Å². The number of nitrogens with two attached hydrogens (primary N) is 1. The molecule has 4 N–H and O–H groups in total. The highest BCUT2D eigenvalue weighted by Gasteiger charge is 2.43. The third-order valence-electron chi connectivity index (χ3n) is 3.30. The number of benzene rings is 1. The van der Waals surface area contributed by atoms with E-state index in [1.807, 2.05) is 6.07 Å². The molecule has 0 spiro atoms. The van der Waals surface area contributed by atoms with Gasteiger partial charge in [0.2, 0.25) is 5.96 Å². The molecule has 2 atom stereocenters. The van der Waals surface area contributed by atoms with E-state index in [-0.39, 0.29) is 5.96 Å². The van der Waals surface area contributed by atoms with Crippen molar-refractivity contribution in [2.24, 2.45) is 10.7 Å². The first-order valence-corrected chi connectivity index (χ1v) is 6.28. The van der Waals surface area contributed by atoms with Gasteiger partial charge in [-0.3, -0.25) is 5.32 Å². The van der Waals surface area contributed by atoms with Gasteiger partial charge < -0.3 is 15.6 Å². The first-order chi connectivity index (χ1) is 9.89. The largest absolute Gasteiger partial charge is 0.485 e. The summed E-state index contributed by atoms with van der Waals surface area (Å²) in [6.07, 6.45) is 0.694. The van der Waals surface area contributed by atoms with Crippen molar-refractivity contribution in [3.05, 3.63) is 29.3 Å². The van der Waals surface area contributed by atoms with Crippen LogP contribution < -0.4 is 15.8 Å². The fourth-order valence-electron chi connectivity index (χ4n) is 2.22. The van der Waals surface area contributed by atoms with E-state index in [0.29, 0.717) is 16.9 Å². The second kappa shape index (κ2) is 5.31. The number of fused-ring (bicyclic) bond motifs is 1. The molecular weight excluding hydrogens is 270 g/mol. The Kier molecular flexibility index (Phi) is 3.70. The lowest BCUT2D eigenvalue weighted by molar-refractivity contribution is -0.0567. The number of guanidine groups is 1. The number of nitrogens with one attached hydrogen (secondary N) is 1. The first kappa shape index (κ1) is 14.6. The zero-order chi connectivity index (χ0) is 15.6. The van der Waals surface area contributed by atoms with Crippen molar-refractivity contribution < 1.29 is 9.84 Å². The van der Waals surface area contributed by atoms with Gasteiger partial charge >= 0.3 is 0 Å². The van der Waals surface area contributed by atoms with Gasteiger partial charge in [0.1, 0.15) is 23.5 Å². The fraction of sp³-hybridized carbons (Fsp3) is 0.357. The van der Waals surface area contributed by atoms with E-state index in [1.165, 1.54) is 0 Å². The Labute approximate surface area is 122 Å². The molecule has 2 rings (SSSR count). The van der Waals surface area contributed by atoms with Crippen molar-refractivity contribution in [3.8, 4) is 18.0 Å². The highest BCUT2D eigenvalue weighted by Crippen LogP contribution is 2.42. The zero-order valence-electron chi connectivity index (χ0n) is 11.7. The highest BCUT2D eigenvalue weighted by atomic mass is 16.5. The number of rotatable bonds is 1. The fourth-order valence-corrected chi connectivity index (χ4v) is 2.22. The van der Waals surface area contributed by atoms with Crippen LogP contribution >= 0.6 is 0 Å². The summed E-state index contributed by atoms with van der Waals surface area (Å²) in [6, 6.07) is 6.20. The number of aliphatic hydroxyl groups excluding tert-OH is 1. The van der Waals surface area contributed by atoms with Crippen molar-refractivity contribution >= 4 is 5.96 Å². The van der Waals surface area contributed by atoms with Crippen molar-refractivity contribution in [2.45, 2.75) is 31.6 Å². The minimum absolute atomic E-state index is 0.104. The molecule has 0 fully saturated rings. The van der Waals surface area contributed by atoms with Crippen LogP contribution in [0.25, 0.3) is 0 Å². The number of ether oxygens (including phenoxy) is 1. The van der Waals surface area contributed by atoms with Crippen LogP contribution in [-0.4, -0.2) is 22.8 Å². The zero-order valence-corrected chi connectivity index (χ0v) is 11.7. The maximum Gasteiger partial charge on any atom is 0.202 e. The summed E-state index contributed by atoms with van der Waals surface area (Å²) in [5.41, 5.74) is 5.71. The molecule has 0 saturated heterocycles. The second-order valence-electron chi connectivity index (χ2n) is 5.21. The van der Waals surface area contributed by atoms with Gasteiger partial charge in [-0.1, -0.05) is 0 Å². The predicted molar refractivity (Wildman–Crippen MR) is 75.0 cm³/mol. The van der Waals surface area contributed by atoms with E-state index in [0.717, 1.165) is 0 Å². The molecule has 1 aliphatic heterocycles. The van der Waals surface area contributed by atoms with E-state index in [9.17, 15) is 5.11 Å². The van der Waals surface area contributed by atoms with Crippen molar-refractivity contribution in [2.75, 3.05) is 0 Å². The molecule has 7 heteroatoms. The van der Waals surface area contributed by atoms with Crippen LogP contribution in [0.5, 0.6) is 5.75 Å². The molecule has 0 radical (unpaired) electrons. The van der Waals surface area contributed by atoms with Crippen LogP contribution in [0.15, 0.2) is 23.2 Å². The molecule has 0 aliphatic carbocycles. The lowest BCUT2D eigenvalue weighted by Gasteiger charge is -2.40. The average Bonchev–Trinajstić information content (AvgIpc) is 2.43. The number of nitriles is 2. The molecule has 1 aliphatic rings. The Morgan fingerprint density at radius 1 is 1.48 bits per heavy atom. The number of aliphatic hydroxyl groups is 1. The van der Waals surface area contributed by atoms with Crippen LogP contribution in [-0.2, 0) is 0 Å². The summed E-state index contributed by atoms with van der Waals surface area (Å²) in [4.78, 5) is 4.14. The standard InChI is InChI=1S/C14H15N5O2/c1-14(2)12(20)11(19-13(17)18-7-16)9-5-8(6-15)3-4-10(9)21-14/h3-5,11-12,20H,1-2H3,(H3,17,18,19)/t11?,12-/m0/s1. The van der Waals surface area contributed by atoms with Gasteiger partial charge in [0.05, 0.1) is 11.6 Å². The van der Waals surface area contributed by atoms with Gasteiger partial charge in [-0.15, -0.1) is 0 Å². The number of nitrogens with zero attached hydrogens (tertiary/aromatic N) is 3. The monoisotopic (exact) mass is 285 g/mol. The summed E-state index contributed by atoms with van der Waals surface area (Å²) < 4.78 is 5.75. The average molecular weight is 285 g/mol. The number of aliphatic imine (C=N–C) groups is 1. The van der Waals surface area contributed by atoms with Crippen molar-refractivity contribution in [3.63, 3.8) is 0 Å². The molecule has 0 amide bonds. The van der Waals surface area contributed by atoms with Crippen LogP contribution in [0.4, 0.5) is 0 Å². The molecule has 1 heterocycles. The first-order valence-electron chi connectivity index (χ1n) is 6.28. The van der Waals surface area contributed by atoms with Gasteiger partial charge in [-0.2, -0.15) is 10.5 Å². The van der Waals surface area contributed by atoms with E-state index in [4.69, 9.17) is 21.0 Å². The van der Waals surface area contributed by atoms with E-state index >= 15 is 0 Å². The maximum atomic E-state index is 10.4. The van der Waals surface area contributed by atoms with E-state index in [1.54, 1.807) is 38.2 Å². The minimum Gasteiger partial charge on any atom is -0.485 e. The SMILES string of the molecule is CC1(C)Oc2ccc(C#N)cc2C(N=C(N)NC#N)[C@@H]1O. The molecule has 1 aromatic carbocycles. The molecule has 0 saturated carbocycles. The Morgan fingerprint density at radius 3 is 2.81 bits per heavy atom. The minimum atomic E-state index is -0.974. The molecule has 0 bridgehead atoms. The van der Waals surface area contributed by atoms with Gasteiger partial charge in [0, 0.05) is 5.56 Å². The number of hydrogen-bond acceptors (Lipinski definition) is 5. The Bertz CT molecular complexity index is 669. The number of hydrogen-bond donors (Lipinski definition) is 3. The molecule has 0 aromatic heterocycles. The molecular formula is C14H15N5O2. The summed E-state index contributed by atoms with van der Waals surface area (Å²) in [5.74, 6) is 0.426. The molecule has 21 heavy (non-hydrogen) atoms. The van der Waals surface area contributed by atoms with Crippen LogP contribution in [0.1, 0.15) is 31.0 Å². The lowest BCUT2D eigenvalue weighted by Crippen LogP contribution is -2.49. The third kappa shape index (κ3) is 2.73. The van der Waals surface area contributed by atoms with Crippen molar-refractivity contribution in [1.29, 1.82) is 10.5 Å². The summed E-state index contributed by atoms with van der Waals surface area (Å²) in [6.45, 7) is 3.46. The normalized spacial score (nSPS) is 23.2. The Hall–Kier alpha value is -2.77. The maximum absolute atomic E-state index is 10.4. The van der Waals surface area contributed by atoms with Crippen LogP contribution in [0, 0.1) is 22.8 Å². The Balaban J connectivity index is 2.55. The second-order valence-corrected chi connectivity index (χ2v) is 5.21. The molecule has 7 nitrogen and oxygen atoms in total. The predicted octanol–water partition coefficient (Wildman–Crippen LogP) is 0.517.